The lowest BCUT2D eigenvalue weighted by atomic mass is 9.85. The number of hydrogen-bond donors (Lipinski definition) is 2. The van der Waals surface area contributed by atoms with Crippen LogP contribution < -0.4 is 5.32 Å². The van der Waals surface area contributed by atoms with E-state index < -0.39 is 11.6 Å². The molecule has 0 amide bonds. The quantitative estimate of drug-likeness (QED) is 0.850. The predicted molar refractivity (Wildman–Crippen MR) is 68.1 cm³/mol. The van der Waals surface area contributed by atoms with Crippen molar-refractivity contribution in [3.63, 3.8) is 0 Å². The molecule has 0 saturated carbocycles. The molecule has 1 aromatic rings. The fourth-order valence-electron chi connectivity index (χ4n) is 1.92. The second-order valence-electron chi connectivity index (χ2n) is 5.59. The summed E-state index contributed by atoms with van der Waals surface area (Å²) < 4.78 is 26.1. The van der Waals surface area contributed by atoms with Gasteiger partial charge in [-0.15, -0.1) is 0 Å². The Morgan fingerprint density at radius 2 is 1.72 bits per heavy atom. The molecule has 102 valence electrons. The maximum absolute atomic E-state index is 13.0. The Balaban J connectivity index is 2.67. The molecule has 2 N–H and O–H groups in total. The molecule has 0 aliphatic heterocycles. The summed E-state index contributed by atoms with van der Waals surface area (Å²) in [5.74, 6) is -1.14. The average molecular weight is 257 g/mol. The van der Waals surface area contributed by atoms with Crippen molar-refractivity contribution in [2.24, 2.45) is 5.41 Å². The van der Waals surface area contributed by atoms with Crippen molar-refractivity contribution in [2.75, 3.05) is 6.61 Å². The summed E-state index contributed by atoms with van der Waals surface area (Å²) in [4.78, 5) is 0. The molecule has 2 nitrogen and oxygen atoms in total. The van der Waals surface area contributed by atoms with Crippen molar-refractivity contribution >= 4 is 0 Å². The molecule has 0 aromatic heterocycles. The summed E-state index contributed by atoms with van der Waals surface area (Å²) >= 11 is 0. The van der Waals surface area contributed by atoms with Crippen LogP contribution in [0.15, 0.2) is 18.2 Å². The van der Waals surface area contributed by atoms with Crippen LogP contribution >= 0.6 is 0 Å². The van der Waals surface area contributed by atoms with E-state index >= 15 is 0 Å². The van der Waals surface area contributed by atoms with Crippen LogP contribution in [0.5, 0.6) is 0 Å². The van der Waals surface area contributed by atoms with Gasteiger partial charge in [0.05, 0.1) is 0 Å². The largest absolute Gasteiger partial charge is 0.396 e. The van der Waals surface area contributed by atoms with Crippen molar-refractivity contribution < 1.29 is 13.9 Å². The number of nitrogens with one attached hydrogen (secondary N) is 1. The first kappa shape index (κ1) is 15.1. The molecule has 1 atom stereocenters. The Kier molecular flexibility index (Phi) is 5.23. The smallest absolute Gasteiger partial charge is 0.126 e. The normalized spacial score (nSPS) is 13.7. The van der Waals surface area contributed by atoms with Gasteiger partial charge in [0.15, 0.2) is 0 Å². The molecule has 0 bridgehead atoms. The van der Waals surface area contributed by atoms with E-state index in [1.807, 2.05) is 0 Å². The molecular formula is C14H21F2NO. The maximum Gasteiger partial charge on any atom is 0.126 e. The van der Waals surface area contributed by atoms with Gasteiger partial charge in [-0.3, -0.25) is 0 Å². The van der Waals surface area contributed by atoms with E-state index in [4.69, 9.17) is 5.11 Å². The minimum Gasteiger partial charge on any atom is -0.396 e. The third-order valence-electron chi connectivity index (χ3n) is 2.94. The van der Waals surface area contributed by atoms with Gasteiger partial charge in [-0.05, 0) is 29.5 Å². The van der Waals surface area contributed by atoms with Crippen LogP contribution in [0.1, 0.15) is 32.8 Å². The van der Waals surface area contributed by atoms with Gasteiger partial charge in [-0.2, -0.15) is 0 Å². The van der Waals surface area contributed by atoms with Crippen molar-refractivity contribution in [1.29, 1.82) is 0 Å². The van der Waals surface area contributed by atoms with Crippen molar-refractivity contribution in [3.8, 4) is 0 Å². The lowest BCUT2D eigenvalue weighted by molar-refractivity contribution is 0.196. The number of hydrogen-bond acceptors (Lipinski definition) is 2. The van der Waals surface area contributed by atoms with E-state index in [1.54, 1.807) is 0 Å². The molecule has 0 spiro atoms. The minimum absolute atomic E-state index is 0.0192. The van der Waals surface area contributed by atoms with Crippen molar-refractivity contribution in [3.05, 3.63) is 35.4 Å². The first-order chi connectivity index (χ1) is 8.32. The highest BCUT2D eigenvalue weighted by molar-refractivity contribution is 5.17. The van der Waals surface area contributed by atoms with Crippen molar-refractivity contribution in [1.82, 2.24) is 5.32 Å². The molecule has 0 heterocycles. The molecule has 4 heteroatoms. The van der Waals surface area contributed by atoms with Crippen molar-refractivity contribution in [2.45, 2.75) is 39.8 Å². The fourth-order valence-corrected chi connectivity index (χ4v) is 1.92. The fraction of sp³-hybridized carbons (Fsp3) is 0.571. The number of aliphatic hydroxyl groups excluding tert-OH is 1. The van der Waals surface area contributed by atoms with Gasteiger partial charge in [0.2, 0.25) is 0 Å². The molecule has 1 unspecified atom stereocenters. The lowest BCUT2D eigenvalue weighted by Crippen LogP contribution is -2.40. The summed E-state index contributed by atoms with van der Waals surface area (Å²) in [6.45, 7) is 6.66. The Morgan fingerprint density at radius 1 is 1.17 bits per heavy atom. The monoisotopic (exact) mass is 257 g/mol. The highest BCUT2D eigenvalue weighted by Crippen LogP contribution is 2.22. The van der Waals surface area contributed by atoms with Crippen LogP contribution in [0.4, 0.5) is 8.78 Å². The predicted octanol–water partition coefficient (Wildman–Crippen LogP) is 2.85. The van der Waals surface area contributed by atoms with Crippen LogP contribution in [-0.2, 0) is 6.54 Å². The molecule has 1 rings (SSSR count). The topological polar surface area (TPSA) is 32.3 Å². The summed E-state index contributed by atoms with van der Waals surface area (Å²) in [5.41, 5.74) is 0.550. The third kappa shape index (κ3) is 4.70. The van der Waals surface area contributed by atoms with Gasteiger partial charge >= 0.3 is 0 Å². The van der Waals surface area contributed by atoms with Crippen LogP contribution in [0, 0.1) is 17.0 Å². The zero-order chi connectivity index (χ0) is 13.8. The molecule has 18 heavy (non-hydrogen) atoms. The standard InChI is InChI=1S/C14H21F2NO/c1-14(2,3)13(4-5-18)17-9-10-6-11(15)8-12(16)7-10/h6-8,13,17-18H,4-5,9H2,1-3H3. The van der Waals surface area contributed by atoms with E-state index in [0.717, 1.165) is 6.07 Å². The lowest BCUT2D eigenvalue weighted by Gasteiger charge is -2.31. The molecule has 1 aromatic carbocycles. The van der Waals surface area contributed by atoms with Gasteiger partial charge in [0, 0.05) is 25.3 Å². The number of benzene rings is 1. The van der Waals surface area contributed by atoms with Crippen LogP contribution in [0.3, 0.4) is 0 Å². The zero-order valence-corrected chi connectivity index (χ0v) is 11.1. The number of aliphatic hydroxyl groups is 1. The highest BCUT2D eigenvalue weighted by atomic mass is 19.1. The molecule has 0 aliphatic rings. The second kappa shape index (κ2) is 6.25. The summed E-state index contributed by atoms with van der Waals surface area (Å²) in [6, 6.07) is 3.58. The van der Waals surface area contributed by atoms with E-state index in [2.05, 4.69) is 26.1 Å². The summed E-state index contributed by atoms with van der Waals surface area (Å²) in [6.07, 6.45) is 0.612. The van der Waals surface area contributed by atoms with E-state index in [0.29, 0.717) is 18.5 Å². The molecule has 0 fully saturated rings. The SMILES string of the molecule is CC(C)(C)C(CCO)NCc1cc(F)cc(F)c1. The van der Waals surface area contributed by atoms with Gasteiger partial charge < -0.3 is 10.4 Å². The Labute approximate surface area is 107 Å². The average Bonchev–Trinajstić information content (AvgIpc) is 2.21. The molecule has 0 aliphatic carbocycles. The van der Waals surface area contributed by atoms with Crippen LogP contribution in [0.2, 0.25) is 0 Å². The minimum atomic E-state index is -0.568. The molecular weight excluding hydrogens is 236 g/mol. The summed E-state index contributed by atoms with van der Waals surface area (Å²) in [5, 5.41) is 12.3. The number of rotatable bonds is 5. The van der Waals surface area contributed by atoms with Gasteiger partial charge in [-0.1, -0.05) is 20.8 Å². The zero-order valence-electron chi connectivity index (χ0n) is 11.1. The first-order valence-corrected chi connectivity index (χ1v) is 6.12. The highest BCUT2D eigenvalue weighted by Gasteiger charge is 2.23. The van der Waals surface area contributed by atoms with E-state index in [-0.39, 0.29) is 18.1 Å². The van der Waals surface area contributed by atoms with E-state index in [1.165, 1.54) is 12.1 Å². The Hall–Kier alpha value is -1.00. The van der Waals surface area contributed by atoms with Crippen LogP contribution in [-0.4, -0.2) is 17.8 Å². The van der Waals surface area contributed by atoms with Gasteiger partial charge in [0.1, 0.15) is 11.6 Å². The Bertz CT molecular complexity index is 368. The summed E-state index contributed by atoms with van der Waals surface area (Å²) in [7, 11) is 0. The number of halogens is 2. The molecule has 0 saturated heterocycles. The van der Waals surface area contributed by atoms with Gasteiger partial charge in [-0.25, -0.2) is 8.78 Å². The third-order valence-corrected chi connectivity index (χ3v) is 2.94. The van der Waals surface area contributed by atoms with Gasteiger partial charge in [0.25, 0.3) is 0 Å². The second-order valence-corrected chi connectivity index (χ2v) is 5.59. The molecule has 0 radical (unpaired) electrons. The Morgan fingerprint density at radius 3 is 2.17 bits per heavy atom. The van der Waals surface area contributed by atoms with Crippen LogP contribution in [0.25, 0.3) is 0 Å². The van der Waals surface area contributed by atoms with E-state index in [9.17, 15) is 8.78 Å². The maximum atomic E-state index is 13.0. The first-order valence-electron chi connectivity index (χ1n) is 6.12.